The molecule has 7 nitrogen and oxygen atoms in total. The van der Waals surface area contributed by atoms with Gasteiger partial charge in [-0.15, -0.1) is 0 Å². The highest BCUT2D eigenvalue weighted by Crippen LogP contribution is 2.16. The van der Waals surface area contributed by atoms with Gasteiger partial charge >= 0.3 is 0 Å². The van der Waals surface area contributed by atoms with E-state index < -0.39 is 6.04 Å². The topological polar surface area (TPSA) is 93.8 Å². The van der Waals surface area contributed by atoms with Crippen LogP contribution in [-0.4, -0.2) is 26.0 Å². The standard InChI is InChI=1S/C17H19N5O2/c1-10(2)9-14-21-17(24-22-14)11(3)20-16(23)12-5-4-6-13-15(12)19-8-7-18-13/h4-8,10-11H,9H2,1-3H3,(H,20,23)/t11-/m1/s1. The Balaban J connectivity index is 1.77. The molecule has 2 aromatic heterocycles. The molecule has 0 saturated carbocycles. The summed E-state index contributed by atoms with van der Waals surface area (Å²) >= 11 is 0. The summed E-state index contributed by atoms with van der Waals surface area (Å²) < 4.78 is 5.25. The van der Waals surface area contributed by atoms with Crippen LogP contribution in [0.5, 0.6) is 0 Å². The molecule has 3 aromatic rings. The van der Waals surface area contributed by atoms with Crippen LogP contribution in [0.15, 0.2) is 35.1 Å². The molecule has 1 atom stereocenters. The van der Waals surface area contributed by atoms with Crippen molar-refractivity contribution in [2.75, 3.05) is 0 Å². The number of nitrogens with zero attached hydrogens (tertiary/aromatic N) is 4. The maximum absolute atomic E-state index is 12.6. The molecule has 0 unspecified atom stereocenters. The third-order valence-electron chi connectivity index (χ3n) is 3.54. The smallest absolute Gasteiger partial charge is 0.254 e. The van der Waals surface area contributed by atoms with Crippen molar-refractivity contribution in [1.29, 1.82) is 0 Å². The van der Waals surface area contributed by atoms with E-state index in [-0.39, 0.29) is 5.91 Å². The van der Waals surface area contributed by atoms with E-state index in [2.05, 4.69) is 39.3 Å². The van der Waals surface area contributed by atoms with Gasteiger partial charge in [0, 0.05) is 18.8 Å². The van der Waals surface area contributed by atoms with E-state index in [1.165, 1.54) is 0 Å². The van der Waals surface area contributed by atoms with Gasteiger partial charge in [-0.2, -0.15) is 4.98 Å². The zero-order valence-electron chi connectivity index (χ0n) is 13.9. The summed E-state index contributed by atoms with van der Waals surface area (Å²) in [5.41, 5.74) is 1.71. The van der Waals surface area contributed by atoms with Gasteiger partial charge in [0.25, 0.3) is 5.91 Å². The Kier molecular flexibility index (Phi) is 4.50. The van der Waals surface area contributed by atoms with Crippen LogP contribution in [-0.2, 0) is 6.42 Å². The number of amides is 1. The number of nitrogens with one attached hydrogen (secondary N) is 1. The van der Waals surface area contributed by atoms with Crippen LogP contribution in [0.4, 0.5) is 0 Å². The number of carbonyl (C=O) groups excluding carboxylic acids is 1. The molecule has 0 spiro atoms. The fourth-order valence-electron chi connectivity index (χ4n) is 2.40. The maximum atomic E-state index is 12.6. The van der Waals surface area contributed by atoms with Gasteiger partial charge in [0.2, 0.25) is 5.89 Å². The summed E-state index contributed by atoms with van der Waals surface area (Å²) in [6.45, 7) is 5.98. The Hall–Kier alpha value is -2.83. The average Bonchev–Trinajstić information content (AvgIpc) is 3.02. The molecule has 0 aliphatic heterocycles. The number of hydrogen-bond acceptors (Lipinski definition) is 6. The molecule has 0 radical (unpaired) electrons. The molecule has 1 amide bonds. The van der Waals surface area contributed by atoms with Crippen LogP contribution in [0.2, 0.25) is 0 Å². The molecular formula is C17H19N5O2. The van der Waals surface area contributed by atoms with E-state index in [0.29, 0.717) is 34.2 Å². The van der Waals surface area contributed by atoms with Crippen molar-refractivity contribution >= 4 is 16.9 Å². The van der Waals surface area contributed by atoms with Crippen molar-refractivity contribution in [3.8, 4) is 0 Å². The first-order valence-electron chi connectivity index (χ1n) is 7.87. The lowest BCUT2D eigenvalue weighted by Crippen LogP contribution is -2.27. The van der Waals surface area contributed by atoms with Crippen LogP contribution in [0.3, 0.4) is 0 Å². The first-order chi connectivity index (χ1) is 11.5. The molecule has 1 N–H and O–H groups in total. The van der Waals surface area contributed by atoms with E-state index in [1.807, 2.05) is 6.07 Å². The zero-order valence-corrected chi connectivity index (χ0v) is 13.9. The van der Waals surface area contributed by atoms with Gasteiger partial charge in [-0.25, -0.2) is 0 Å². The third-order valence-corrected chi connectivity index (χ3v) is 3.54. The average molecular weight is 325 g/mol. The fraction of sp³-hybridized carbons (Fsp3) is 0.353. The number of para-hydroxylation sites is 1. The molecule has 0 saturated heterocycles. The molecule has 124 valence electrons. The monoisotopic (exact) mass is 325 g/mol. The molecular weight excluding hydrogens is 306 g/mol. The quantitative estimate of drug-likeness (QED) is 0.775. The van der Waals surface area contributed by atoms with Gasteiger partial charge < -0.3 is 9.84 Å². The molecule has 0 aliphatic rings. The van der Waals surface area contributed by atoms with E-state index in [1.54, 1.807) is 31.5 Å². The molecule has 2 heterocycles. The van der Waals surface area contributed by atoms with Gasteiger partial charge in [0.05, 0.1) is 11.1 Å². The van der Waals surface area contributed by atoms with Crippen molar-refractivity contribution in [2.24, 2.45) is 5.92 Å². The Morgan fingerprint density at radius 3 is 2.79 bits per heavy atom. The third kappa shape index (κ3) is 3.40. The highest BCUT2D eigenvalue weighted by molar-refractivity contribution is 6.04. The van der Waals surface area contributed by atoms with E-state index >= 15 is 0 Å². The maximum Gasteiger partial charge on any atom is 0.254 e. The van der Waals surface area contributed by atoms with Gasteiger partial charge in [0.15, 0.2) is 5.82 Å². The van der Waals surface area contributed by atoms with E-state index in [9.17, 15) is 4.79 Å². The number of hydrogen-bond donors (Lipinski definition) is 1. The van der Waals surface area contributed by atoms with Crippen molar-refractivity contribution in [3.63, 3.8) is 0 Å². The van der Waals surface area contributed by atoms with E-state index in [0.717, 1.165) is 6.42 Å². The van der Waals surface area contributed by atoms with Crippen LogP contribution in [0.1, 0.15) is 48.9 Å². The summed E-state index contributed by atoms with van der Waals surface area (Å²) in [6, 6.07) is 4.93. The summed E-state index contributed by atoms with van der Waals surface area (Å²) in [4.78, 5) is 25.4. The minimum absolute atomic E-state index is 0.253. The Bertz CT molecular complexity index is 854. The summed E-state index contributed by atoms with van der Waals surface area (Å²) in [6.07, 6.45) is 3.91. The minimum atomic E-state index is -0.391. The molecule has 7 heteroatoms. The summed E-state index contributed by atoms with van der Waals surface area (Å²) in [5.74, 6) is 1.23. The predicted octanol–water partition coefficient (Wildman–Crippen LogP) is 2.70. The molecule has 0 bridgehead atoms. The highest BCUT2D eigenvalue weighted by Gasteiger charge is 2.19. The molecule has 24 heavy (non-hydrogen) atoms. The van der Waals surface area contributed by atoms with E-state index in [4.69, 9.17) is 4.52 Å². The SMILES string of the molecule is CC(C)Cc1noc([C@@H](C)NC(=O)c2cccc3nccnc23)n1. The Morgan fingerprint density at radius 2 is 2.00 bits per heavy atom. The number of aromatic nitrogens is 4. The fourth-order valence-corrected chi connectivity index (χ4v) is 2.40. The largest absolute Gasteiger partial charge is 0.340 e. The summed E-state index contributed by atoms with van der Waals surface area (Å²) in [5, 5.41) is 6.82. The normalized spacial score (nSPS) is 12.5. The van der Waals surface area contributed by atoms with Crippen LogP contribution < -0.4 is 5.32 Å². The lowest BCUT2D eigenvalue weighted by molar-refractivity contribution is 0.0934. The van der Waals surface area contributed by atoms with Gasteiger partial charge in [0.1, 0.15) is 11.6 Å². The molecule has 0 fully saturated rings. The van der Waals surface area contributed by atoms with Gasteiger partial charge in [-0.3, -0.25) is 14.8 Å². The number of carbonyl (C=O) groups is 1. The first-order valence-corrected chi connectivity index (χ1v) is 7.87. The molecule has 0 aliphatic carbocycles. The van der Waals surface area contributed by atoms with Crippen molar-refractivity contribution in [2.45, 2.75) is 33.2 Å². The second-order valence-electron chi connectivity index (χ2n) is 6.07. The van der Waals surface area contributed by atoms with Crippen LogP contribution in [0, 0.1) is 5.92 Å². The van der Waals surface area contributed by atoms with Crippen molar-refractivity contribution < 1.29 is 9.32 Å². The highest BCUT2D eigenvalue weighted by atomic mass is 16.5. The van der Waals surface area contributed by atoms with Crippen molar-refractivity contribution in [1.82, 2.24) is 25.4 Å². The number of benzene rings is 1. The second-order valence-corrected chi connectivity index (χ2v) is 6.07. The van der Waals surface area contributed by atoms with Gasteiger partial charge in [-0.05, 0) is 25.0 Å². The van der Waals surface area contributed by atoms with Crippen LogP contribution in [0.25, 0.3) is 11.0 Å². The minimum Gasteiger partial charge on any atom is -0.340 e. The predicted molar refractivity (Wildman–Crippen MR) is 88.3 cm³/mol. The van der Waals surface area contributed by atoms with Gasteiger partial charge in [-0.1, -0.05) is 25.1 Å². The first kappa shape index (κ1) is 16.0. The van der Waals surface area contributed by atoms with Crippen LogP contribution >= 0.6 is 0 Å². The number of rotatable bonds is 5. The lowest BCUT2D eigenvalue weighted by Gasteiger charge is -2.10. The zero-order chi connectivity index (χ0) is 17.1. The Morgan fingerprint density at radius 1 is 1.21 bits per heavy atom. The Labute approximate surface area is 139 Å². The summed E-state index contributed by atoms with van der Waals surface area (Å²) in [7, 11) is 0. The lowest BCUT2D eigenvalue weighted by atomic mass is 10.1. The second kappa shape index (κ2) is 6.74. The molecule has 1 aromatic carbocycles. The van der Waals surface area contributed by atoms with Crippen molar-refractivity contribution in [3.05, 3.63) is 47.9 Å². The number of fused-ring (bicyclic) bond motifs is 1. The molecule has 3 rings (SSSR count).